The van der Waals surface area contributed by atoms with Gasteiger partial charge >= 0.3 is 0 Å². The van der Waals surface area contributed by atoms with Gasteiger partial charge in [0.15, 0.2) is 0 Å². The van der Waals surface area contributed by atoms with Crippen molar-refractivity contribution in [1.82, 2.24) is 0 Å². The zero-order valence-corrected chi connectivity index (χ0v) is 5.89. The third-order valence-corrected chi connectivity index (χ3v) is 1.04. The molecule has 0 spiro atoms. The molecular weight excluding hydrogens is 112 g/mol. The summed E-state index contributed by atoms with van der Waals surface area (Å²) in [4.78, 5) is 0. The fraction of sp³-hybridized carbons (Fsp3) is 0.250. The van der Waals surface area contributed by atoms with Crippen molar-refractivity contribution >= 4 is 0 Å². The van der Waals surface area contributed by atoms with E-state index in [9.17, 15) is 0 Å². The molecule has 0 saturated carbocycles. The molecule has 0 aromatic carbocycles. The number of aliphatic hydroxyl groups is 1. The molecule has 1 nitrogen and oxygen atoms in total. The molecule has 0 aromatic heterocycles. The van der Waals surface area contributed by atoms with Crippen molar-refractivity contribution in [3.8, 4) is 0 Å². The Hall–Kier alpha value is -0.980. The Morgan fingerprint density at radius 1 is 1.56 bits per heavy atom. The molecule has 0 amide bonds. The standard InChI is InChI=1S/C8H12O/c1-4-7(3)6-8(9)5-2/h4-6,9H,2H2,1,3H3/b7-4-,8-6+. The maximum Gasteiger partial charge on any atom is 0.115 e. The lowest BCUT2D eigenvalue weighted by Gasteiger charge is -1.89. The fourth-order valence-corrected chi connectivity index (χ4v) is 0.376. The van der Waals surface area contributed by atoms with Crippen LogP contribution in [0, 0.1) is 0 Å². The van der Waals surface area contributed by atoms with Crippen LogP contribution in [0.15, 0.2) is 36.1 Å². The highest BCUT2D eigenvalue weighted by atomic mass is 16.3. The van der Waals surface area contributed by atoms with Crippen molar-refractivity contribution in [2.45, 2.75) is 13.8 Å². The van der Waals surface area contributed by atoms with Gasteiger partial charge in [-0.2, -0.15) is 0 Å². The molecule has 0 aliphatic rings. The van der Waals surface area contributed by atoms with E-state index < -0.39 is 0 Å². The van der Waals surface area contributed by atoms with E-state index in [-0.39, 0.29) is 5.76 Å². The number of hydrogen-bond acceptors (Lipinski definition) is 1. The van der Waals surface area contributed by atoms with Gasteiger partial charge in [-0.05, 0) is 26.0 Å². The van der Waals surface area contributed by atoms with E-state index >= 15 is 0 Å². The van der Waals surface area contributed by atoms with Gasteiger partial charge in [0.25, 0.3) is 0 Å². The molecule has 0 rings (SSSR count). The first kappa shape index (κ1) is 8.02. The molecular formula is C8H12O. The van der Waals surface area contributed by atoms with Gasteiger partial charge in [-0.1, -0.05) is 18.2 Å². The van der Waals surface area contributed by atoms with Gasteiger partial charge in [0, 0.05) is 0 Å². The van der Waals surface area contributed by atoms with Crippen molar-refractivity contribution in [2.75, 3.05) is 0 Å². The highest BCUT2D eigenvalue weighted by Gasteiger charge is 1.82. The van der Waals surface area contributed by atoms with E-state index in [1.165, 1.54) is 6.08 Å². The topological polar surface area (TPSA) is 20.2 Å². The maximum absolute atomic E-state index is 8.86. The van der Waals surface area contributed by atoms with Crippen LogP contribution in [0.3, 0.4) is 0 Å². The Morgan fingerprint density at radius 3 is 2.44 bits per heavy atom. The normalized spacial score (nSPS) is 13.6. The largest absolute Gasteiger partial charge is 0.508 e. The molecule has 0 fully saturated rings. The third-order valence-electron chi connectivity index (χ3n) is 1.04. The van der Waals surface area contributed by atoms with Crippen molar-refractivity contribution in [3.05, 3.63) is 36.1 Å². The molecule has 0 radical (unpaired) electrons. The van der Waals surface area contributed by atoms with Crippen LogP contribution in [0.5, 0.6) is 0 Å². The first-order chi connectivity index (χ1) is 4.20. The highest BCUT2D eigenvalue weighted by molar-refractivity contribution is 5.22. The van der Waals surface area contributed by atoms with Gasteiger partial charge in [0.2, 0.25) is 0 Å². The Labute approximate surface area is 56.0 Å². The Balaban J connectivity index is 4.11. The average molecular weight is 124 g/mol. The van der Waals surface area contributed by atoms with Crippen LogP contribution < -0.4 is 0 Å². The van der Waals surface area contributed by atoms with Crippen LogP contribution >= 0.6 is 0 Å². The summed E-state index contributed by atoms with van der Waals surface area (Å²) in [7, 11) is 0. The fourth-order valence-electron chi connectivity index (χ4n) is 0.376. The van der Waals surface area contributed by atoms with Gasteiger partial charge in [-0.25, -0.2) is 0 Å². The molecule has 0 heterocycles. The van der Waals surface area contributed by atoms with Gasteiger partial charge in [0.05, 0.1) is 0 Å². The SMILES string of the molecule is C=C/C(O)=C\C(C)=C/C. The first-order valence-electron chi connectivity index (χ1n) is 2.86. The van der Waals surface area contributed by atoms with E-state index in [1.807, 2.05) is 19.9 Å². The van der Waals surface area contributed by atoms with Crippen LogP contribution in [-0.4, -0.2) is 5.11 Å². The smallest absolute Gasteiger partial charge is 0.115 e. The Morgan fingerprint density at radius 2 is 2.11 bits per heavy atom. The molecule has 0 saturated heterocycles. The molecule has 0 bridgehead atoms. The molecule has 0 aliphatic carbocycles. The minimum absolute atomic E-state index is 0.214. The lowest BCUT2D eigenvalue weighted by Crippen LogP contribution is -1.73. The molecule has 50 valence electrons. The van der Waals surface area contributed by atoms with E-state index in [0.717, 1.165) is 5.57 Å². The van der Waals surface area contributed by atoms with E-state index in [4.69, 9.17) is 5.11 Å². The Bertz CT molecular complexity index is 152. The number of rotatable bonds is 2. The van der Waals surface area contributed by atoms with Gasteiger partial charge < -0.3 is 5.11 Å². The molecule has 1 N–H and O–H groups in total. The quantitative estimate of drug-likeness (QED) is 0.443. The van der Waals surface area contributed by atoms with Crippen LogP contribution in [-0.2, 0) is 0 Å². The van der Waals surface area contributed by atoms with Crippen molar-refractivity contribution in [1.29, 1.82) is 0 Å². The monoisotopic (exact) mass is 124 g/mol. The summed E-state index contributed by atoms with van der Waals surface area (Å²) in [6.45, 7) is 7.24. The minimum atomic E-state index is 0.214. The molecule has 0 aromatic rings. The van der Waals surface area contributed by atoms with Crippen LogP contribution in [0.2, 0.25) is 0 Å². The van der Waals surface area contributed by atoms with E-state index in [0.29, 0.717) is 0 Å². The predicted molar refractivity (Wildman–Crippen MR) is 40.3 cm³/mol. The lowest BCUT2D eigenvalue weighted by molar-refractivity contribution is 0.432. The van der Waals surface area contributed by atoms with Gasteiger partial charge in [0.1, 0.15) is 5.76 Å². The summed E-state index contributed by atoms with van der Waals surface area (Å²) in [5.41, 5.74) is 1.03. The summed E-state index contributed by atoms with van der Waals surface area (Å²) in [6, 6.07) is 0. The first-order valence-corrected chi connectivity index (χ1v) is 2.86. The lowest BCUT2D eigenvalue weighted by atomic mass is 10.2. The average Bonchev–Trinajstić information content (AvgIpc) is 1.87. The van der Waals surface area contributed by atoms with Gasteiger partial charge in [-0.3, -0.25) is 0 Å². The van der Waals surface area contributed by atoms with Crippen LogP contribution in [0.25, 0.3) is 0 Å². The molecule has 0 unspecified atom stereocenters. The second-order valence-corrected chi connectivity index (χ2v) is 1.81. The summed E-state index contributed by atoms with van der Waals surface area (Å²) >= 11 is 0. The van der Waals surface area contributed by atoms with Crippen molar-refractivity contribution in [3.63, 3.8) is 0 Å². The zero-order valence-electron chi connectivity index (χ0n) is 5.89. The van der Waals surface area contributed by atoms with Crippen molar-refractivity contribution < 1.29 is 5.11 Å². The highest BCUT2D eigenvalue weighted by Crippen LogP contribution is 1.98. The summed E-state index contributed by atoms with van der Waals surface area (Å²) in [5, 5.41) is 8.86. The zero-order chi connectivity index (χ0) is 7.28. The molecule has 0 atom stereocenters. The summed E-state index contributed by atoms with van der Waals surface area (Å²) in [5.74, 6) is 0.214. The molecule has 0 aliphatic heterocycles. The summed E-state index contributed by atoms with van der Waals surface area (Å²) < 4.78 is 0. The number of hydrogen-bond donors (Lipinski definition) is 1. The molecule has 9 heavy (non-hydrogen) atoms. The Kier molecular flexibility index (Phi) is 3.52. The van der Waals surface area contributed by atoms with E-state index in [1.54, 1.807) is 6.08 Å². The van der Waals surface area contributed by atoms with E-state index in [2.05, 4.69) is 6.58 Å². The second kappa shape index (κ2) is 3.96. The minimum Gasteiger partial charge on any atom is -0.508 e. The number of aliphatic hydroxyl groups excluding tert-OH is 1. The molecule has 1 heteroatoms. The third kappa shape index (κ3) is 3.59. The summed E-state index contributed by atoms with van der Waals surface area (Å²) in [6.07, 6.45) is 4.99. The van der Waals surface area contributed by atoms with Gasteiger partial charge in [-0.15, -0.1) is 0 Å². The number of allylic oxidation sites excluding steroid dienone is 4. The maximum atomic E-state index is 8.86. The van der Waals surface area contributed by atoms with Crippen LogP contribution in [0.4, 0.5) is 0 Å². The van der Waals surface area contributed by atoms with Crippen molar-refractivity contribution in [2.24, 2.45) is 0 Å². The predicted octanol–water partition coefficient (Wildman–Crippen LogP) is 2.58. The second-order valence-electron chi connectivity index (χ2n) is 1.81. The van der Waals surface area contributed by atoms with Crippen LogP contribution in [0.1, 0.15) is 13.8 Å².